The number of fused-ring (bicyclic) bond motifs is 1. The van der Waals surface area contributed by atoms with Crippen LogP contribution < -0.4 is 4.90 Å². The van der Waals surface area contributed by atoms with Gasteiger partial charge in [-0.1, -0.05) is 91.0 Å². The summed E-state index contributed by atoms with van der Waals surface area (Å²) in [6, 6.07) is 38.1. The van der Waals surface area contributed by atoms with Crippen molar-refractivity contribution in [3.05, 3.63) is 137 Å². The SMILES string of the molecule is Cc1ccc(-c2cc(C(=O)N3CC[NH+](C(c4ccccc4)c4ccccc4)CC3)c3ccccc3n2)cc1C. The monoisotopic (exact) mass is 512 g/mol. The average Bonchev–Trinajstić information content (AvgIpc) is 2.99. The predicted molar refractivity (Wildman–Crippen MR) is 158 cm³/mol. The van der Waals surface area contributed by atoms with E-state index in [1.807, 2.05) is 35.2 Å². The second-order valence-corrected chi connectivity index (χ2v) is 10.6. The van der Waals surface area contributed by atoms with Crippen LogP contribution in [0.3, 0.4) is 0 Å². The van der Waals surface area contributed by atoms with E-state index < -0.39 is 0 Å². The number of nitrogens with one attached hydrogen (secondary N) is 1. The normalized spacial score (nSPS) is 14.2. The number of amides is 1. The van der Waals surface area contributed by atoms with Crippen LogP contribution in [0.15, 0.2) is 109 Å². The Bertz CT molecular complexity index is 1570. The first-order valence-electron chi connectivity index (χ1n) is 13.8. The van der Waals surface area contributed by atoms with E-state index in [0.717, 1.165) is 53.9 Å². The second-order valence-electron chi connectivity index (χ2n) is 10.6. The van der Waals surface area contributed by atoms with Gasteiger partial charge in [-0.05, 0) is 43.2 Å². The molecule has 0 aliphatic carbocycles. The van der Waals surface area contributed by atoms with Crippen LogP contribution in [0.4, 0.5) is 0 Å². The van der Waals surface area contributed by atoms with E-state index in [9.17, 15) is 4.79 Å². The Morgan fingerprint density at radius 3 is 2.00 bits per heavy atom. The minimum Gasteiger partial charge on any atom is -0.327 e. The molecule has 1 aliphatic heterocycles. The Kier molecular flexibility index (Phi) is 6.95. The smallest absolute Gasteiger partial charge is 0.255 e. The van der Waals surface area contributed by atoms with E-state index in [1.165, 1.54) is 27.2 Å². The van der Waals surface area contributed by atoms with Gasteiger partial charge in [0.05, 0.1) is 43.0 Å². The fraction of sp³-hybridized carbons (Fsp3) is 0.200. The van der Waals surface area contributed by atoms with Crippen LogP contribution in [-0.4, -0.2) is 42.0 Å². The second kappa shape index (κ2) is 10.8. The van der Waals surface area contributed by atoms with Crippen molar-refractivity contribution in [2.75, 3.05) is 26.2 Å². The van der Waals surface area contributed by atoms with Crippen molar-refractivity contribution < 1.29 is 9.69 Å². The summed E-state index contributed by atoms with van der Waals surface area (Å²) in [5.74, 6) is 0.0914. The highest BCUT2D eigenvalue weighted by atomic mass is 16.2. The van der Waals surface area contributed by atoms with Crippen molar-refractivity contribution >= 4 is 16.8 Å². The Morgan fingerprint density at radius 2 is 1.36 bits per heavy atom. The first-order chi connectivity index (χ1) is 19.1. The molecular weight excluding hydrogens is 478 g/mol. The zero-order chi connectivity index (χ0) is 26.8. The molecule has 1 fully saturated rings. The third-order valence-electron chi connectivity index (χ3n) is 8.12. The number of piperazine rings is 1. The quantitative estimate of drug-likeness (QED) is 0.331. The molecule has 4 nitrogen and oxygen atoms in total. The molecule has 0 bridgehead atoms. The molecule has 194 valence electrons. The van der Waals surface area contributed by atoms with Crippen molar-refractivity contribution in [1.82, 2.24) is 9.88 Å². The van der Waals surface area contributed by atoms with Crippen LogP contribution >= 0.6 is 0 Å². The van der Waals surface area contributed by atoms with Gasteiger partial charge in [-0.15, -0.1) is 0 Å². The average molecular weight is 513 g/mol. The number of carbonyl (C=O) groups excluding carboxylic acids is 1. The summed E-state index contributed by atoms with van der Waals surface area (Å²) in [4.78, 5) is 22.5. The maximum Gasteiger partial charge on any atom is 0.255 e. The van der Waals surface area contributed by atoms with Crippen LogP contribution in [0.25, 0.3) is 22.2 Å². The fourth-order valence-electron chi connectivity index (χ4n) is 5.81. The Balaban J connectivity index is 1.28. The highest BCUT2D eigenvalue weighted by Gasteiger charge is 2.32. The molecule has 0 unspecified atom stereocenters. The molecule has 4 aromatic carbocycles. The fourth-order valence-corrected chi connectivity index (χ4v) is 5.81. The van der Waals surface area contributed by atoms with Crippen molar-refractivity contribution in [2.24, 2.45) is 0 Å². The summed E-state index contributed by atoms with van der Waals surface area (Å²) in [6.45, 7) is 7.47. The van der Waals surface area contributed by atoms with Gasteiger partial charge in [-0.25, -0.2) is 4.98 Å². The molecule has 2 heterocycles. The molecular formula is C35H34N3O+. The zero-order valence-electron chi connectivity index (χ0n) is 22.6. The van der Waals surface area contributed by atoms with Crippen LogP contribution in [0.2, 0.25) is 0 Å². The van der Waals surface area contributed by atoms with E-state index in [4.69, 9.17) is 4.98 Å². The van der Waals surface area contributed by atoms with Gasteiger partial charge in [0.15, 0.2) is 0 Å². The summed E-state index contributed by atoms with van der Waals surface area (Å²) in [7, 11) is 0. The minimum atomic E-state index is 0.0914. The molecule has 1 aliphatic rings. The molecule has 0 spiro atoms. The highest BCUT2D eigenvalue weighted by molar-refractivity contribution is 6.07. The lowest BCUT2D eigenvalue weighted by atomic mass is 9.96. The Hall–Kier alpha value is -4.28. The number of pyridine rings is 1. The largest absolute Gasteiger partial charge is 0.327 e. The molecule has 39 heavy (non-hydrogen) atoms. The number of aryl methyl sites for hydroxylation is 2. The van der Waals surface area contributed by atoms with E-state index in [2.05, 4.69) is 92.7 Å². The molecule has 6 rings (SSSR count). The van der Waals surface area contributed by atoms with E-state index in [-0.39, 0.29) is 11.9 Å². The summed E-state index contributed by atoms with van der Waals surface area (Å²) >= 11 is 0. The Morgan fingerprint density at radius 1 is 0.744 bits per heavy atom. The van der Waals surface area contributed by atoms with Gasteiger partial charge in [0.2, 0.25) is 0 Å². The van der Waals surface area contributed by atoms with Gasteiger partial charge in [0, 0.05) is 22.1 Å². The van der Waals surface area contributed by atoms with Gasteiger partial charge in [0.25, 0.3) is 5.91 Å². The number of nitrogens with zero attached hydrogens (tertiary/aromatic N) is 2. The number of benzene rings is 4. The highest BCUT2D eigenvalue weighted by Crippen LogP contribution is 2.27. The maximum absolute atomic E-state index is 14.0. The molecule has 1 aromatic heterocycles. The van der Waals surface area contributed by atoms with Gasteiger partial charge in [-0.3, -0.25) is 4.79 Å². The molecule has 1 amide bonds. The van der Waals surface area contributed by atoms with E-state index in [0.29, 0.717) is 0 Å². The number of hydrogen-bond acceptors (Lipinski definition) is 2. The standard InChI is InChI=1S/C35H33N3O/c1-25-17-18-29(23-26(25)2)33-24-31(30-15-9-10-16-32(30)36-33)35(39)38-21-19-37(20-22-38)34(27-11-5-3-6-12-27)28-13-7-4-8-14-28/h3-18,23-24,34H,19-22H2,1-2H3/p+1. The number of carbonyl (C=O) groups is 1. The number of aromatic nitrogens is 1. The number of rotatable bonds is 5. The van der Waals surface area contributed by atoms with Crippen molar-refractivity contribution in [3.63, 3.8) is 0 Å². The number of hydrogen-bond donors (Lipinski definition) is 1. The van der Waals surface area contributed by atoms with Crippen LogP contribution in [0, 0.1) is 13.8 Å². The minimum absolute atomic E-state index is 0.0914. The lowest BCUT2D eigenvalue weighted by Gasteiger charge is -2.37. The summed E-state index contributed by atoms with van der Waals surface area (Å²) in [5, 5.41) is 0.913. The van der Waals surface area contributed by atoms with E-state index >= 15 is 0 Å². The van der Waals surface area contributed by atoms with Crippen molar-refractivity contribution in [3.8, 4) is 11.3 Å². The lowest BCUT2D eigenvalue weighted by molar-refractivity contribution is -0.929. The molecule has 1 N–H and O–H groups in total. The lowest BCUT2D eigenvalue weighted by Crippen LogP contribution is -3.15. The predicted octanol–water partition coefficient (Wildman–Crippen LogP) is 5.65. The first kappa shape index (κ1) is 25.0. The molecule has 4 heteroatoms. The third kappa shape index (κ3) is 5.08. The van der Waals surface area contributed by atoms with Crippen LogP contribution in [-0.2, 0) is 0 Å². The van der Waals surface area contributed by atoms with Crippen molar-refractivity contribution in [1.29, 1.82) is 0 Å². The molecule has 1 saturated heterocycles. The van der Waals surface area contributed by atoms with Crippen LogP contribution in [0.1, 0.15) is 38.7 Å². The Labute approximate surface area is 230 Å². The number of quaternary nitrogens is 1. The van der Waals surface area contributed by atoms with Crippen molar-refractivity contribution in [2.45, 2.75) is 19.9 Å². The third-order valence-corrected chi connectivity index (χ3v) is 8.12. The van der Waals surface area contributed by atoms with Crippen LogP contribution in [0.5, 0.6) is 0 Å². The summed E-state index contributed by atoms with van der Waals surface area (Å²) in [6.07, 6.45) is 0. The molecule has 0 atom stereocenters. The first-order valence-corrected chi connectivity index (χ1v) is 13.8. The maximum atomic E-state index is 14.0. The van der Waals surface area contributed by atoms with Gasteiger partial charge >= 0.3 is 0 Å². The summed E-state index contributed by atoms with van der Waals surface area (Å²) in [5.41, 5.74) is 8.59. The molecule has 0 saturated carbocycles. The summed E-state index contributed by atoms with van der Waals surface area (Å²) < 4.78 is 0. The number of para-hydroxylation sites is 1. The van der Waals surface area contributed by atoms with Gasteiger partial charge in [-0.2, -0.15) is 0 Å². The van der Waals surface area contributed by atoms with E-state index in [1.54, 1.807) is 0 Å². The molecule has 0 radical (unpaired) electrons. The topological polar surface area (TPSA) is 37.6 Å². The zero-order valence-corrected chi connectivity index (χ0v) is 22.6. The molecule has 5 aromatic rings. The van der Waals surface area contributed by atoms with Gasteiger partial charge in [0.1, 0.15) is 6.04 Å². The van der Waals surface area contributed by atoms with Gasteiger partial charge < -0.3 is 9.80 Å².